The predicted molar refractivity (Wildman–Crippen MR) is 121 cm³/mol. The molecular weight excluding hydrogens is 364 g/mol. The molecule has 0 spiro atoms. The van der Waals surface area contributed by atoms with Gasteiger partial charge in [0.25, 0.3) is 0 Å². The predicted octanol–water partition coefficient (Wildman–Crippen LogP) is 7.00. The van der Waals surface area contributed by atoms with E-state index in [0.717, 1.165) is 18.4 Å². The first-order chi connectivity index (χ1) is 14.0. The number of phenolic OH excluding ortho intramolecular Hbond substituents is 1. The second-order valence-electron chi connectivity index (χ2n) is 8.08. The summed E-state index contributed by atoms with van der Waals surface area (Å²) in [5.74, 6) is -0.755. The molecule has 0 fully saturated rings. The number of aryl methyl sites for hydroxylation is 1. The molecule has 0 aliphatic carbocycles. The Balaban J connectivity index is 0.000000807. The Morgan fingerprint density at radius 1 is 0.828 bits per heavy atom. The highest BCUT2D eigenvalue weighted by Crippen LogP contribution is 2.13. The minimum absolute atomic E-state index is 0.338. The van der Waals surface area contributed by atoms with Gasteiger partial charge in [0.05, 0.1) is 0 Å². The van der Waals surface area contributed by atoms with Crippen LogP contribution in [0.15, 0.2) is 24.3 Å². The van der Waals surface area contributed by atoms with Crippen molar-refractivity contribution >= 4 is 5.97 Å². The van der Waals surface area contributed by atoms with Gasteiger partial charge < -0.3 is 15.3 Å². The number of unbranched alkanes of at least 4 members (excludes halogenated alkanes) is 13. The van der Waals surface area contributed by atoms with E-state index >= 15 is 0 Å². The summed E-state index contributed by atoms with van der Waals surface area (Å²) < 4.78 is 0. The molecule has 0 saturated carbocycles. The number of aromatic hydroxyl groups is 1. The van der Waals surface area contributed by atoms with Gasteiger partial charge in [-0.05, 0) is 31.0 Å². The summed E-state index contributed by atoms with van der Waals surface area (Å²) in [6, 6.07) is 7.15. The van der Waals surface area contributed by atoms with Crippen molar-refractivity contribution in [1.29, 1.82) is 0 Å². The Labute approximate surface area is 178 Å². The highest BCUT2D eigenvalue weighted by atomic mass is 16.4. The lowest BCUT2D eigenvalue weighted by atomic mass is 10.0. The van der Waals surface area contributed by atoms with Crippen LogP contribution in [0.1, 0.15) is 109 Å². The number of carbonyl (C=O) groups is 1. The summed E-state index contributed by atoms with van der Waals surface area (Å²) >= 11 is 0. The molecule has 4 heteroatoms. The summed E-state index contributed by atoms with van der Waals surface area (Å²) in [6.45, 7) is 4.20. The maximum Gasteiger partial charge on any atom is 0.332 e. The Morgan fingerprint density at radius 2 is 1.28 bits per heavy atom. The molecule has 0 amide bonds. The van der Waals surface area contributed by atoms with Crippen LogP contribution in [-0.2, 0) is 4.79 Å². The van der Waals surface area contributed by atoms with Gasteiger partial charge in [-0.3, -0.25) is 0 Å². The van der Waals surface area contributed by atoms with E-state index in [4.69, 9.17) is 15.3 Å². The van der Waals surface area contributed by atoms with Crippen LogP contribution in [-0.4, -0.2) is 27.4 Å². The van der Waals surface area contributed by atoms with E-state index in [-0.39, 0.29) is 0 Å². The van der Waals surface area contributed by atoms with Crippen LogP contribution in [0.25, 0.3) is 0 Å². The van der Waals surface area contributed by atoms with E-state index < -0.39 is 12.1 Å². The second kappa shape index (κ2) is 19.8. The quantitative estimate of drug-likeness (QED) is 0.257. The molecule has 0 heterocycles. The fourth-order valence-corrected chi connectivity index (χ4v) is 3.28. The number of hydrogen-bond acceptors (Lipinski definition) is 3. The van der Waals surface area contributed by atoms with Crippen molar-refractivity contribution in [2.75, 3.05) is 0 Å². The van der Waals surface area contributed by atoms with Crippen LogP contribution in [0.4, 0.5) is 0 Å². The van der Waals surface area contributed by atoms with Crippen molar-refractivity contribution in [2.45, 2.75) is 116 Å². The average Bonchev–Trinajstić information content (AvgIpc) is 2.68. The van der Waals surface area contributed by atoms with E-state index in [2.05, 4.69) is 6.92 Å². The van der Waals surface area contributed by atoms with Gasteiger partial charge in [0.2, 0.25) is 0 Å². The Hall–Kier alpha value is -1.55. The van der Waals surface area contributed by atoms with Crippen molar-refractivity contribution in [3.05, 3.63) is 29.8 Å². The van der Waals surface area contributed by atoms with Gasteiger partial charge in [0, 0.05) is 0 Å². The Morgan fingerprint density at radius 3 is 1.62 bits per heavy atom. The summed E-state index contributed by atoms with van der Waals surface area (Å²) in [7, 11) is 0. The zero-order chi connectivity index (χ0) is 21.7. The highest BCUT2D eigenvalue weighted by Gasteiger charge is 2.11. The van der Waals surface area contributed by atoms with Crippen molar-refractivity contribution in [3.63, 3.8) is 0 Å². The van der Waals surface area contributed by atoms with Crippen LogP contribution < -0.4 is 0 Å². The maximum atomic E-state index is 10.4. The molecular formula is C25H44O4. The number of rotatable bonds is 16. The minimum atomic E-state index is -1.16. The molecule has 0 saturated heterocycles. The number of carboxylic acids is 1. The molecule has 0 aromatic heterocycles. The number of aliphatic carboxylic acids is 1. The molecule has 0 bridgehead atoms. The van der Waals surface area contributed by atoms with Gasteiger partial charge in [-0.1, -0.05) is 109 Å². The zero-order valence-electron chi connectivity index (χ0n) is 18.7. The monoisotopic (exact) mass is 408 g/mol. The number of phenols is 1. The van der Waals surface area contributed by atoms with Crippen molar-refractivity contribution < 1.29 is 20.1 Å². The number of aliphatic hydroxyl groups excluding tert-OH is 1. The summed E-state index contributed by atoms with van der Waals surface area (Å²) in [4.78, 5) is 10.4. The number of carboxylic acid groups (broad SMARTS) is 1. The van der Waals surface area contributed by atoms with Gasteiger partial charge >= 0.3 is 5.97 Å². The normalized spacial score (nSPS) is 11.6. The smallest absolute Gasteiger partial charge is 0.332 e. The number of benzene rings is 1. The highest BCUT2D eigenvalue weighted by molar-refractivity contribution is 5.71. The molecule has 29 heavy (non-hydrogen) atoms. The summed E-state index contributed by atoms with van der Waals surface area (Å²) in [6.07, 6.45) is 17.3. The molecule has 1 rings (SSSR count). The molecule has 0 aliphatic rings. The topological polar surface area (TPSA) is 77.8 Å². The van der Waals surface area contributed by atoms with Crippen molar-refractivity contribution in [2.24, 2.45) is 0 Å². The first-order valence-corrected chi connectivity index (χ1v) is 11.6. The maximum absolute atomic E-state index is 10.4. The fraction of sp³-hybridized carbons (Fsp3) is 0.720. The molecule has 1 unspecified atom stereocenters. The molecule has 4 nitrogen and oxygen atoms in total. The molecule has 0 radical (unpaired) electrons. The van der Waals surface area contributed by atoms with Gasteiger partial charge in [0.1, 0.15) is 5.75 Å². The molecule has 1 aromatic rings. The minimum Gasteiger partial charge on any atom is -0.508 e. The number of hydrogen-bond donors (Lipinski definition) is 3. The summed E-state index contributed by atoms with van der Waals surface area (Å²) in [5.41, 5.74) is 1.09. The van der Waals surface area contributed by atoms with Gasteiger partial charge in [-0.25, -0.2) is 4.79 Å². The van der Waals surface area contributed by atoms with Gasteiger partial charge in [0.15, 0.2) is 6.10 Å². The lowest BCUT2D eigenvalue weighted by Crippen LogP contribution is -2.18. The van der Waals surface area contributed by atoms with Crippen molar-refractivity contribution in [3.8, 4) is 5.75 Å². The molecule has 1 atom stereocenters. The SMILES string of the molecule is CCCCCCCCCCCCCCCCC(O)C(=O)O.Cc1cccc(O)c1. The number of aliphatic hydroxyl groups is 1. The Bertz CT molecular complexity index is 484. The van der Waals surface area contributed by atoms with Gasteiger partial charge in [-0.15, -0.1) is 0 Å². The van der Waals surface area contributed by atoms with E-state index in [1.165, 1.54) is 77.0 Å². The largest absolute Gasteiger partial charge is 0.508 e. The fourth-order valence-electron chi connectivity index (χ4n) is 3.28. The third kappa shape index (κ3) is 19.5. The average molecular weight is 409 g/mol. The first-order valence-electron chi connectivity index (χ1n) is 11.6. The van der Waals surface area contributed by atoms with Crippen LogP contribution >= 0.6 is 0 Å². The molecule has 0 aliphatic heterocycles. The van der Waals surface area contributed by atoms with Gasteiger partial charge in [-0.2, -0.15) is 0 Å². The zero-order valence-corrected chi connectivity index (χ0v) is 18.7. The van der Waals surface area contributed by atoms with E-state index in [9.17, 15) is 4.79 Å². The van der Waals surface area contributed by atoms with Crippen LogP contribution in [0, 0.1) is 6.92 Å². The van der Waals surface area contributed by atoms with E-state index in [1.807, 2.05) is 19.1 Å². The molecule has 168 valence electrons. The second-order valence-corrected chi connectivity index (χ2v) is 8.08. The Kier molecular flexibility index (Phi) is 18.7. The van der Waals surface area contributed by atoms with E-state index in [1.54, 1.807) is 12.1 Å². The standard InChI is InChI=1S/C18H36O3.C7H8O/c1-2-3-4-5-6-7-8-9-10-11-12-13-14-15-16-17(19)18(20)21;1-6-3-2-4-7(8)5-6/h17,19H,2-16H2,1H3,(H,20,21);2-5,8H,1H3. The lowest BCUT2D eigenvalue weighted by molar-refractivity contribution is -0.146. The third-order valence-electron chi connectivity index (χ3n) is 5.12. The van der Waals surface area contributed by atoms with Crippen LogP contribution in [0.2, 0.25) is 0 Å². The van der Waals surface area contributed by atoms with Crippen LogP contribution in [0.3, 0.4) is 0 Å². The van der Waals surface area contributed by atoms with E-state index in [0.29, 0.717) is 12.2 Å². The van der Waals surface area contributed by atoms with Crippen LogP contribution in [0.5, 0.6) is 5.75 Å². The third-order valence-corrected chi connectivity index (χ3v) is 5.12. The first kappa shape index (κ1) is 27.5. The lowest BCUT2D eigenvalue weighted by Gasteiger charge is -2.05. The molecule has 1 aromatic carbocycles. The van der Waals surface area contributed by atoms with Crippen molar-refractivity contribution in [1.82, 2.24) is 0 Å². The summed E-state index contributed by atoms with van der Waals surface area (Å²) in [5, 5.41) is 26.5. The molecule has 3 N–H and O–H groups in total.